The smallest absolute Gasteiger partial charge is 0.220 e. The van der Waals surface area contributed by atoms with E-state index in [0.717, 1.165) is 25.9 Å². The fraction of sp³-hybridized carbons (Fsp3) is 0.950. The normalized spacial score (nSPS) is 11.2. The lowest BCUT2D eigenvalue weighted by atomic mass is 10.1. The number of carbonyl (C=O) groups is 1. The molecule has 0 bridgehead atoms. The molecule has 0 aliphatic carbocycles. The van der Waals surface area contributed by atoms with Gasteiger partial charge in [0.25, 0.3) is 0 Å². The van der Waals surface area contributed by atoms with Gasteiger partial charge in [-0.25, -0.2) is 0 Å². The molecule has 0 radical (unpaired) electrons. The summed E-state index contributed by atoms with van der Waals surface area (Å²) >= 11 is 0. The number of hydrogen-bond acceptors (Lipinski definition) is 3. The first-order valence-corrected chi connectivity index (χ1v) is 10.3. The molecule has 0 spiro atoms. The Bertz CT molecular complexity index is 272. The van der Waals surface area contributed by atoms with Crippen molar-refractivity contribution < 1.29 is 9.90 Å². The third-order valence-electron chi connectivity index (χ3n) is 4.52. The third kappa shape index (κ3) is 17.7. The number of carbonyl (C=O) groups excluding carboxylic acids is 1. The highest BCUT2D eigenvalue weighted by molar-refractivity contribution is 5.75. The van der Waals surface area contributed by atoms with Crippen LogP contribution < -0.4 is 5.32 Å². The summed E-state index contributed by atoms with van der Waals surface area (Å²) in [6.07, 6.45) is 15.9. The highest BCUT2D eigenvalue weighted by Crippen LogP contribution is 2.11. The molecule has 0 atom stereocenters. The summed E-state index contributed by atoms with van der Waals surface area (Å²) in [7, 11) is 2.02. The monoisotopic (exact) mass is 342 g/mol. The maximum atomic E-state index is 11.7. The second-order valence-corrected chi connectivity index (χ2v) is 7.02. The Morgan fingerprint density at radius 3 is 1.92 bits per heavy atom. The van der Waals surface area contributed by atoms with Gasteiger partial charge in [-0.3, -0.25) is 4.79 Å². The lowest BCUT2D eigenvalue weighted by Crippen LogP contribution is -2.33. The molecule has 24 heavy (non-hydrogen) atoms. The van der Waals surface area contributed by atoms with Gasteiger partial charge in [0.15, 0.2) is 0 Å². The second kappa shape index (κ2) is 18.7. The van der Waals surface area contributed by atoms with Crippen molar-refractivity contribution in [3.63, 3.8) is 0 Å². The number of rotatable bonds is 18. The van der Waals surface area contributed by atoms with E-state index in [1.807, 2.05) is 7.05 Å². The van der Waals surface area contributed by atoms with Crippen LogP contribution in [0.2, 0.25) is 0 Å². The van der Waals surface area contributed by atoms with Gasteiger partial charge in [-0.15, -0.1) is 0 Å². The number of aliphatic hydroxyl groups excluding tert-OH is 1. The molecule has 4 nitrogen and oxygen atoms in total. The van der Waals surface area contributed by atoms with E-state index >= 15 is 0 Å². The van der Waals surface area contributed by atoms with Crippen LogP contribution in [0.4, 0.5) is 0 Å². The van der Waals surface area contributed by atoms with Crippen molar-refractivity contribution in [3.05, 3.63) is 0 Å². The summed E-state index contributed by atoms with van der Waals surface area (Å²) in [6.45, 7) is 4.93. The molecule has 0 saturated heterocycles. The minimum atomic E-state index is 0.182. The molecule has 1 amide bonds. The zero-order valence-electron chi connectivity index (χ0n) is 16.3. The van der Waals surface area contributed by atoms with Crippen LogP contribution >= 0.6 is 0 Å². The van der Waals surface area contributed by atoms with Crippen molar-refractivity contribution >= 4 is 5.91 Å². The van der Waals surface area contributed by atoms with Gasteiger partial charge in [-0.2, -0.15) is 0 Å². The van der Waals surface area contributed by atoms with Crippen LogP contribution in [0.5, 0.6) is 0 Å². The molecular formula is C20H42N2O2. The van der Waals surface area contributed by atoms with E-state index in [1.54, 1.807) is 0 Å². The third-order valence-corrected chi connectivity index (χ3v) is 4.52. The first-order valence-electron chi connectivity index (χ1n) is 10.3. The van der Waals surface area contributed by atoms with Crippen LogP contribution in [0.1, 0.15) is 90.4 Å². The quantitative estimate of drug-likeness (QED) is 0.368. The summed E-state index contributed by atoms with van der Waals surface area (Å²) in [5, 5.41) is 11.7. The Balaban J connectivity index is 3.23. The average molecular weight is 343 g/mol. The van der Waals surface area contributed by atoms with Gasteiger partial charge in [0.2, 0.25) is 5.91 Å². The van der Waals surface area contributed by atoms with Gasteiger partial charge in [-0.1, -0.05) is 71.1 Å². The fourth-order valence-electron chi connectivity index (χ4n) is 2.88. The number of nitrogens with one attached hydrogen (secondary N) is 1. The molecule has 4 heteroatoms. The first-order chi connectivity index (χ1) is 11.7. The summed E-state index contributed by atoms with van der Waals surface area (Å²) < 4.78 is 0. The number of unbranched alkanes of at least 4 members (excludes halogenated alkanes) is 10. The molecule has 0 aromatic rings. The number of likely N-dealkylation sites (N-methyl/N-ethyl adjacent to an activating group) is 1. The van der Waals surface area contributed by atoms with Gasteiger partial charge < -0.3 is 15.3 Å². The van der Waals surface area contributed by atoms with E-state index in [0.29, 0.717) is 13.0 Å². The van der Waals surface area contributed by atoms with E-state index in [2.05, 4.69) is 17.1 Å². The molecule has 2 N–H and O–H groups in total. The highest BCUT2D eigenvalue weighted by atomic mass is 16.3. The number of hydrogen-bond donors (Lipinski definition) is 2. The summed E-state index contributed by atoms with van der Waals surface area (Å²) in [4.78, 5) is 13.9. The van der Waals surface area contributed by atoms with Gasteiger partial charge in [0.1, 0.15) is 0 Å². The topological polar surface area (TPSA) is 52.6 Å². The van der Waals surface area contributed by atoms with Crippen LogP contribution in [0.15, 0.2) is 0 Å². The Hall–Kier alpha value is -0.610. The van der Waals surface area contributed by atoms with Gasteiger partial charge >= 0.3 is 0 Å². The van der Waals surface area contributed by atoms with Crippen LogP contribution in [-0.4, -0.2) is 49.2 Å². The average Bonchev–Trinajstić information content (AvgIpc) is 2.57. The molecule has 144 valence electrons. The van der Waals surface area contributed by atoms with Gasteiger partial charge in [0.05, 0.1) is 0 Å². The molecule has 0 aliphatic heterocycles. The van der Waals surface area contributed by atoms with Crippen molar-refractivity contribution in [3.8, 4) is 0 Å². The predicted octanol–water partition coefficient (Wildman–Crippen LogP) is 4.12. The number of aliphatic hydroxyl groups is 1. The van der Waals surface area contributed by atoms with E-state index < -0.39 is 0 Å². The Morgan fingerprint density at radius 1 is 0.833 bits per heavy atom. The molecule has 0 fully saturated rings. The standard InChI is InChI=1S/C20H42N2O2/c1-3-4-5-6-7-8-9-10-11-12-13-15-20(24)21-16-18-22(2)17-14-19-23/h23H,3-19H2,1-2H3,(H,21,24). The maximum absolute atomic E-state index is 11.7. The Labute approximate surface area is 150 Å². The van der Waals surface area contributed by atoms with Crippen molar-refractivity contribution in [2.75, 3.05) is 33.3 Å². The van der Waals surface area contributed by atoms with E-state index in [-0.39, 0.29) is 12.5 Å². The minimum Gasteiger partial charge on any atom is -0.396 e. The lowest BCUT2D eigenvalue weighted by molar-refractivity contribution is -0.121. The number of nitrogens with zero attached hydrogens (tertiary/aromatic N) is 1. The molecule has 0 saturated carbocycles. The number of amides is 1. The van der Waals surface area contributed by atoms with Crippen molar-refractivity contribution in [2.45, 2.75) is 90.4 Å². The SMILES string of the molecule is CCCCCCCCCCCCCC(=O)NCCN(C)CCCO. The predicted molar refractivity (Wildman–Crippen MR) is 103 cm³/mol. The molecule has 0 aliphatic rings. The second-order valence-electron chi connectivity index (χ2n) is 7.02. The summed E-state index contributed by atoms with van der Waals surface area (Å²) in [5.41, 5.74) is 0. The molecule has 0 aromatic carbocycles. The molecule has 0 unspecified atom stereocenters. The summed E-state index contributed by atoms with van der Waals surface area (Å²) in [6, 6.07) is 0. The highest BCUT2D eigenvalue weighted by Gasteiger charge is 2.02. The lowest BCUT2D eigenvalue weighted by Gasteiger charge is -2.16. The van der Waals surface area contributed by atoms with Crippen LogP contribution in [0, 0.1) is 0 Å². The van der Waals surface area contributed by atoms with E-state index in [1.165, 1.54) is 64.2 Å². The summed E-state index contributed by atoms with van der Waals surface area (Å²) in [5.74, 6) is 0.182. The maximum Gasteiger partial charge on any atom is 0.220 e. The molecule has 0 heterocycles. The zero-order chi connectivity index (χ0) is 17.9. The molecule has 0 aromatic heterocycles. The molecular weight excluding hydrogens is 300 g/mol. The Morgan fingerprint density at radius 2 is 1.38 bits per heavy atom. The van der Waals surface area contributed by atoms with E-state index in [4.69, 9.17) is 5.11 Å². The van der Waals surface area contributed by atoms with Crippen LogP contribution in [-0.2, 0) is 4.79 Å². The zero-order valence-corrected chi connectivity index (χ0v) is 16.3. The van der Waals surface area contributed by atoms with Crippen LogP contribution in [0.25, 0.3) is 0 Å². The molecule has 0 rings (SSSR count). The fourth-order valence-corrected chi connectivity index (χ4v) is 2.88. The Kier molecular flexibility index (Phi) is 18.2. The largest absolute Gasteiger partial charge is 0.396 e. The van der Waals surface area contributed by atoms with Gasteiger partial charge in [0, 0.05) is 32.7 Å². The first kappa shape index (κ1) is 23.4. The van der Waals surface area contributed by atoms with E-state index in [9.17, 15) is 4.79 Å². The van der Waals surface area contributed by atoms with Crippen molar-refractivity contribution in [1.82, 2.24) is 10.2 Å². The van der Waals surface area contributed by atoms with Crippen molar-refractivity contribution in [1.29, 1.82) is 0 Å². The minimum absolute atomic E-state index is 0.182. The van der Waals surface area contributed by atoms with Gasteiger partial charge in [-0.05, 0) is 19.9 Å². The van der Waals surface area contributed by atoms with Crippen molar-refractivity contribution in [2.24, 2.45) is 0 Å². The van der Waals surface area contributed by atoms with Crippen LogP contribution in [0.3, 0.4) is 0 Å².